The molecule has 0 spiro atoms. The number of benzene rings is 1. The Morgan fingerprint density at radius 2 is 2.25 bits per heavy atom. The summed E-state index contributed by atoms with van der Waals surface area (Å²) in [7, 11) is 0. The Morgan fingerprint density at radius 3 is 2.90 bits per heavy atom. The Hall–Kier alpha value is -0.950. The van der Waals surface area contributed by atoms with E-state index in [2.05, 4.69) is 10.3 Å². The molecule has 0 aliphatic rings. The number of carbonyl (C=O) groups is 1. The van der Waals surface area contributed by atoms with Crippen LogP contribution in [0.3, 0.4) is 0 Å². The molecule has 20 heavy (non-hydrogen) atoms. The molecule has 1 aromatic carbocycles. The number of nitrogens with two attached hydrogens (primary N) is 1. The van der Waals surface area contributed by atoms with Crippen LogP contribution in [0.15, 0.2) is 22.4 Å². The number of aryl methyl sites for hydroxylation is 1. The van der Waals surface area contributed by atoms with Gasteiger partial charge in [-0.05, 0) is 19.1 Å². The molecule has 8 heteroatoms. The molecule has 2 aromatic rings. The molecule has 0 unspecified atom stereocenters. The molecule has 106 valence electrons. The van der Waals surface area contributed by atoms with Crippen molar-refractivity contribution in [3.05, 3.63) is 33.9 Å². The number of carbonyl (C=O) groups excluding carboxylic acids is 1. The normalized spacial score (nSPS) is 10.6. The second-order valence-electron chi connectivity index (χ2n) is 3.86. The minimum Gasteiger partial charge on any atom is -0.375 e. The lowest BCUT2D eigenvalue weighted by Crippen LogP contribution is -2.14. The summed E-state index contributed by atoms with van der Waals surface area (Å²) in [5, 5.41) is 3.97. The average Bonchev–Trinajstić information content (AvgIpc) is 2.71. The summed E-state index contributed by atoms with van der Waals surface area (Å²) < 4.78 is 0.940. The molecule has 0 atom stereocenters. The Bertz CT molecular complexity index is 646. The minimum absolute atomic E-state index is 0.162. The van der Waals surface area contributed by atoms with Crippen molar-refractivity contribution in [1.82, 2.24) is 4.98 Å². The highest BCUT2D eigenvalue weighted by atomic mass is 35.5. The topological polar surface area (TPSA) is 68.0 Å². The van der Waals surface area contributed by atoms with E-state index in [-0.39, 0.29) is 11.7 Å². The summed E-state index contributed by atoms with van der Waals surface area (Å²) in [6, 6.07) is 5.09. The van der Waals surface area contributed by atoms with Gasteiger partial charge in [0.25, 0.3) is 0 Å². The largest absolute Gasteiger partial charge is 0.375 e. The van der Waals surface area contributed by atoms with Gasteiger partial charge in [0.15, 0.2) is 5.13 Å². The van der Waals surface area contributed by atoms with Gasteiger partial charge in [-0.1, -0.05) is 40.6 Å². The van der Waals surface area contributed by atoms with Crippen molar-refractivity contribution in [2.45, 2.75) is 11.1 Å². The molecule has 0 saturated heterocycles. The summed E-state index contributed by atoms with van der Waals surface area (Å²) in [4.78, 5) is 16.0. The van der Waals surface area contributed by atoms with Crippen LogP contribution in [-0.2, 0) is 4.79 Å². The van der Waals surface area contributed by atoms with Crippen molar-refractivity contribution in [2.24, 2.45) is 0 Å². The molecular weight excluding hydrogens is 337 g/mol. The summed E-state index contributed by atoms with van der Waals surface area (Å²) in [5.41, 5.74) is 6.95. The fraction of sp³-hybridized carbons (Fsp3) is 0.167. The highest BCUT2D eigenvalue weighted by molar-refractivity contribution is 8.01. The SMILES string of the molecule is Cc1nc(N)sc1SCC(=O)Nc1cccc(Cl)c1Cl. The molecule has 3 N–H and O–H groups in total. The molecule has 1 amide bonds. The van der Waals surface area contributed by atoms with Crippen LogP contribution in [0.25, 0.3) is 0 Å². The van der Waals surface area contributed by atoms with Crippen LogP contribution in [0.1, 0.15) is 5.69 Å². The zero-order chi connectivity index (χ0) is 14.7. The van der Waals surface area contributed by atoms with E-state index in [1.807, 2.05) is 6.92 Å². The van der Waals surface area contributed by atoms with E-state index in [1.165, 1.54) is 23.1 Å². The van der Waals surface area contributed by atoms with Gasteiger partial charge < -0.3 is 11.1 Å². The number of halogens is 2. The van der Waals surface area contributed by atoms with Crippen molar-refractivity contribution in [2.75, 3.05) is 16.8 Å². The van der Waals surface area contributed by atoms with Gasteiger partial charge in [-0.15, -0.1) is 11.8 Å². The fourth-order valence-electron chi connectivity index (χ4n) is 1.45. The van der Waals surface area contributed by atoms with Crippen molar-refractivity contribution >= 4 is 63.0 Å². The average molecular weight is 348 g/mol. The Labute approximate surface area is 134 Å². The van der Waals surface area contributed by atoms with E-state index >= 15 is 0 Å². The van der Waals surface area contributed by atoms with Crippen molar-refractivity contribution in [3.63, 3.8) is 0 Å². The second kappa shape index (κ2) is 6.67. The van der Waals surface area contributed by atoms with Gasteiger partial charge in [0, 0.05) is 0 Å². The smallest absolute Gasteiger partial charge is 0.234 e. The first-order valence-corrected chi connectivity index (χ1v) is 8.12. The minimum atomic E-state index is -0.162. The monoisotopic (exact) mass is 347 g/mol. The van der Waals surface area contributed by atoms with E-state index in [1.54, 1.807) is 18.2 Å². The van der Waals surface area contributed by atoms with E-state index in [0.29, 0.717) is 20.9 Å². The number of hydrogen-bond donors (Lipinski definition) is 2. The maximum absolute atomic E-state index is 11.9. The molecule has 0 aliphatic heterocycles. The second-order valence-corrected chi connectivity index (χ2v) is 6.92. The molecule has 4 nitrogen and oxygen atoms in total. The molecule has 2 rings (SSSR count). The molecule has 1 heterocycles. The summed E-state index contributed by atoms with van der Waals surface area (Å²) in [6.07, 6.45) is 0. The van der Waals surface area contributed by atoms with Gasteiger partial charge in [-0.25, -0.2) is 4.98 Å². The molecule has 0 aliphatic carbocycles. The first-order chi connectivity index (χ1) is 9.47. The lowest BCUT2D eigenvalue weighted by molar-refractivity contribution is -0.113. The van der Waals surface area contributed by atoms with Crippen LogP contribution in [0, 0.1) is 6.92 Å². The standard InChI is InChI=1S/C12H11Cl2N3OS2/c1-6-11(20-12(15)16-6)19-5-9(18)17-8-4-2-3-7(13)10(8)14/h2-4H,5H2,1H3,(H2,15,16)(H,17,18). The molecule has 0 saturated carbocycles. The van der Waals surface area contributed by atoms with Crippen molar-refractivity contribution < 1.29 is 4.79 Å². The van der Waals surface area contributed by atoms with Crippen LogP contribution < -0.4 is 11.1 Å². The van der Waals surface area contributed by atoms with Crippen LogP contribution in [0.2, 0.25) is 10.0 Å². The number of nitrogens with one attached hydrogen (secondary N) is 1. The van der Waals surface area contributed by atoms with Gasteiger partial charge in [0.1, 0.15) is 0 Å². The van der Waals surface area contributed by atoms with Crippen molar-refractivity contribution in [1.29, 1.82) is 0 Å². The zero-order valence-corrected chi connectivity index (χ0v) is 13.6. The Balaban J connectivity index is 1.96. The number of thiazole rings is 1. The summed E-state index contributed by atoms with van der Waals surface area (Å²) in [6.45, 7) is 1.86. The fourth-order valence-corrected chi connectivity index (χ4v) is 3.63. The van der Waals surface area contributed by atoms with Gasteiger partial charge in [0.2, 0.25) is 5.91 Å². The van der Waals surface area contributed by atoms with Gasteiger partial charge >= 0.3 is 0 Å². The predicted molar refractivity (Wildman–Crippen MR) is 87.1 cm³/mol. The van der Waals surface area contributed by atoms with Crippen LogP contribution in [-0.4, -0.2) is 16.6 Å². The van der Waals surface area contributed by atoms with E-state index in [0.717, 1.165) is 9.90 Å². The number of rotatable bonds is 4. The first kappa shape index (κ1) is 15.4. The highest BCUT2D eigenvalue weighted by Gasteiger charge is 2.11. The van der Waals surface area contributed by atoms with Gasteiger partial charge in [0.05, 0.1) is 31.4 Å². The summed E-state index contributed by atoms with van der Waals surface area (Å²) >= 11 is 14.7. The number of nitrogens with zero attached hydrogens (tertiary/aromatic N) is 1. The maximum Gasteiger partial charge on any atom is 0.234 e. The van der Waals surface area contributed by atoms with Crippen LogP contribution in [0.5, 0.6) is 0 Å². The number of hydrogen-bond acceptors (Lipinski definition) is 5. The van der Waals surface area contributed by atoms with Crippen LogP contribution in [0.4, 0.5) is 10.8 Å². The highest BCUT2D eigenvalue weighted by Crippen LogP contribution is 2.32. The summed E-state index contributed by atoms with van der Waals surface area (Å²) in [5.74, 6) is 0.0937. The number of aromatic nitrogens is 1. The Morgan fingerprint density at radius 1 is 1.50 bits per heavy atom. The van der Waals surface area contributed by atoms with Gasteiger partial charge in [-0.2, -0.15) is 0 Å². The van der Waals surface area contributed by atoms with E-state index in [4.69, 9.17) is 28.9 Å². The molecular formula is C12H11Cl2N3OS2. The number of nitrogen functional groups attached to an aromatic ring is 1. The molecule has 0 fully saturated rings. The van der Waals surface area contributed by atoms with E-state index < -0.39 is 0 Å². The first-order valence-electron chi connectivity index (χ1n) is 5.57. The zero-order valence-electron chi connectivity index (χ0n) is 10.4. The number of thioether (sulfide) groups is 1. The molecule has 0 radical (unpaired) electrons. The maximum atomic E-state index is 11.9. The van der Waals surface area contributed by atoms with E-state index in [9.17, 15) is 4.79 Å². The predicted octanol–water partition coefficient (Wildman–Crippen LogP) is 4.07. The third kappa shape index (κ3) is 3.79. The quantitative estimate of drug-likeness (QED) is 0.818. The molecule has 0 bridgehead atoms. The van der Waals surface area contributed by atoms with Crippen molar-refractivity contribution in [3.8, 4) is 0 Å². The lowest BCUT2D eigenvalue weighted by atomic mass is 10.3. The Kier molecular flexibility index (Phi) is 5.15. The number of amides is 1. The third-order valence-electron chi connectivity index (χ3n) is 2.33. The molecule has 1 aromatic heterocycles. The third-order valence-corrected chi connectivity index (χ3v) is 5.50. The van der Waals surface area contributed by atoms with Gasteiger partial charge in [-0.3, -0.25) is 4.79 Å². The lowest BCUT2D eigenvalue weighted by Gasteiger charge is -2.07. The van der Waals surface area contributed by atoms with Crippen LogP contribution >= 0.6 is 46.3 Å². The number of anilines is 2.